The molecule has 0 spiro atoms. The molecule has 11 heteroatoms. The van der Waals surface area contributed by atoms with Crippen LogP contribution in [0.15, 0.2) is 42.9 Å². The maximum Gasteiger partial charge on any atom is 0.274 e. The number of hydrogen-bond acceptors (Lipinski definition) is 8. The van der Waals surface area contributed by atoms with Crippen LogP contribution in [0.25, 0.3) is 6.08 Å². The van der Waals surface area contributed by atoms with Crippen LogP contribution in [0.3, 0.4) is 0 Å². The first-order valence-corrected chi connectivity index (χ1v) is 12.0. The largest absolute Gasteiger partial charge is 0.454 e. The smallest absolute Gasteiger partial charge is 0.274 e. The topological polar surface area (TPSA) is 111 Å². The molecule has 4 rings (SSSR count). The zero-order valence-corrected chi connectivity index (χ0v) is 18.9. The fraction of sp³-hybridized carbons (Fsp3) is 0.211. The molecule has 3 aromatic rings. The first-order valence-electron chi connectivity index (χ1n) is 8.80. The molecule has 2 N–H and O–H groups in total. The highest BCUT2D eigenvalue weighted by molar-refractivity contribution is 9.10. The van der Waals surface area contributed by atoms with Crippen LogP contribution in [0.1, 0.15) is 22.4 Å². The summed E-state index contributed by atoms with van der Waals surface area (Å²) in [6, 6.07) is 5.29. The van der Waals surface area contributed by atoms with E-state index < -0.39 is 10.0 Å². The second-order valence-electron chi connectivity index (χ2n) is 6.42. The van der Waals surface area contributed by atoms with E-state index in [1.165, 1.54) is 0 Å². The minimum atomic E-state index is -3.83. The Balaban J connectivity index is 1.54. The van der Waals surface area contributed by atoms with Gasteiger partial charge in [-0.25, -0.2) is 13.1 Å². The molecule has 0 bridgehead atoms. The Hall–Kier alpha value is -2.34. The summed E-state index contributed by atoms with van der Waals surface area (Å²) < 4.78 is 44.4. The number of aryl methyl sites for hydroxylation is 1. The fourth-order valence-electron chi connectivity index (χ4n) is 2.90. The Labute approximate surface area is 185 Å². The predicted molar refractivity (Wildman–Crippen MR) is 115 cm³/mol. The molecule has 0 radical (unpaired) electrons. The van der Waals surface area contributed by atoms with Crippen molar-refractivity contribution in [1.29, 1.82) is 0 Å². The number of benzene rings is 1. The monoisotopic (exact) mass is 512 g/mol. The number of nitrogens with one attached hydrogen (secondary N) is 1. The Morgan fingerprint density at radius 1 is 1.30 bits per heavy atom. The number of aromatic nitrogens is 1. The molecule has 8 nitrogen and oxygen atoms in total. The molecule has 1 aliphatic rings. The molecule has 1 aromatic carbocycles. The van der Waals surface area contributed by atoms with Gasteiger partial charge in [-0.3, -0.25) is 0 Å². The summed E-state index contributed by atoms with van der Waals surface area (Å²) in [6.07, 6.45) is 4.05. The summed E-state index contributed by atoms with van der Waals surface area (Å²) in [5.41, 5.74) is 2.66. The lowest BCUT2D eigenvalue weighted by Crippen LogP contribution is -2.13. The van der Waals surface area contributed by atoms with Gasteiger partial charge in [-0.05, 0) is 69.5 Å². The van der Waals surface area contributed by atoms with Gasteiger partial charge in [0.1, 0.15) is 8.68 Å². The van der Waals surface area contributed by atoms with Crippen molar-refractivity contribution in [2.45, 2.75) is 24.2 Å². The number of hydrogen-bond donors (Lipinski definition) is 2. The summed E-state index contributed by atoms with van der Waals surface area (Å²) in [5, 5.41) is 15.1. The van der Waals surface area contributed by atoms with E-state index in [2.05, 4.69) is 25.8 Å². The number of nitrogens with zero attached hydrogens (tertiary/aromatic N) is 1. The lowest BCUT2D eigenvalue weighted by molar-refractivity contribution is 0.174. The molecule has 2 aromatic heterocycles. The van der Waals surface area contributed by atoms with Gasteiger partial charge in [0.05, 0.1) is 12.3 Å². The molecule has 0 saturated heterocycles. The van der Waals surface area contributed by atoms with Crippen LogP contribution in [-0.2, 0) is 23.1 Å². The number of rotatable bonds is 7. The van der Waals surface area contributed by atoms with E-state index in [-0.39, 0.29) is 23.5 Å². The van der Waals surface area contributed by atoms with Crippen molar-refractivity contribution >= 4 is 49.3 Å². The zero-order valence-electron chi connectivity index (χ0n) is 15.7. The third-order valence-corrected chi connectivity index (χ3v) is 8.24. The van der Waals surface area contributed by atoms with Crippen molar-refractivity contribution in [1.82, 2.24) is 5.16 Å². The summed E-state index contributed by atoms with van der Waals surface area (Å²) in [5.74, 6) is 1.25. The number of aliphatic hydroxyl groups excluding tert-OH is 1. The first kappa shape index (κ1) is 20.9. The van der Waals surface area contributed by atoms with E-state index in [4.69, 9.17) is 14.0 Å². The molecular weight excluding hydrogens is 496 g/mol. The van der Waals surface area contributed by atoms with Gasteiger partial charge in [0, 0.05) is 0 Å². The summed E-state index contributed by atoms with van der Waals surface area (Å²) in [7, 11) is -3.83. The number of sulfonamides is 1. The Morgan fingerprint density at radius 2 is 2.07 bits per heavy atom. The van der Waals surface area contributed by atoms with Crippen LogP contribution in [0.2, 0.25) is 0 Å². The zero-order chi connectivity index (χ0) is 21.3. The Bertz CT molecular complexity index is 1220. The van der Waals surface area contributed by atoms with E-state index in [0.717, 1.165) is 16.9 Å². The van der Waals surface area contributed by atoms with E-state index in [0.29, 0.717) is 39.2 Å². The summed E-state index contributed by atoms with van der Waals surface area (Å²) in [6.45, 7) is 1.70. The van der Waals surface area contributed by atoms with E-state index in [1.54, 1.807) is 30.5 Å². The third kappa shape index (κ3) is 4.10. The number of ether oxygens (including phenoxy) is 2. The van der Waals surface area contributed by atoms with Gasteiger partial charge in [-0.1, -0.05) is 17.3 Å². The van der Waals surface area contributed by atoms with Crippen molar-refractivity contribution in [2.75, 3.05) is 11.5 Å². The lowest BCUT2D eigenvalue weighted by Gasteiger charge is -2.06. The maximum atomic E-state index is 12.8. The van der Waals surface area contributed by atoms with Gasteiger partial charge in [0.15, 0.2) is 11.5 Å². The molecular formula is C19H17BrN2O6S2. The van der Waals surface area contributed by atoms with Crippen molar-refractivity contribution in [2.24, 2.45) is 0 Å². The number of anilines is 1. The van der Waals surface area contributed by atoms with Crippen molar-refractivity contribution in [3.63, 3.8) is 0 Å². The lowest BCUT2D eigenvalue weighted by atomic mass is 10.1. The van der Waals surface area contributed by atoms with Gasteiger partial charge in [-0.15, -0.1) is 11.3 Å². The molecule has 0 atom stereocenters. The number of aliphatic hydroxyl groups is 1. The van der Waals surface area contributed by atoms with Crippen LogP contribution >= 0.6 is 27.3 Å². The molecule has 0 aliphatic carbocycles. The molecule has 0 amide bonds. The highest BCUT2D eigenvalue weighted by Crippen LogP contribution is 2.36. The minimum absolute atomic E-state index is 0.0374. The molecule has 30 heavy (non-hydrogen) atoms. The van der Waals surface area contributed by atoms with Crippen LogP contribution < -0.4 is 14.2 Å². The van der Waals surface area contributed by atoms with Gasteiger partial charge in [0.25, 0.3) is 15.9 Å². The number of fused-ring (bicyclic) bond motifs is 1. The normalized spacial score (nSPS) is 13.3. The average Bonchev–Trinajstić information content (AvgIpc) is 3.44. The highest BCUT2D eigenvalue weighted by atomic mass is 79.9. The quantitative estimate of drug-likeness (QED) is 0.490. The van der Waals surface area contributed by atoms with Crippen molar-refractivity contribution in [3.05, 3.63) is 56.5 Å². The SMILES string of the molecule is Cc1noc(NS(=O)(=O)c2sccc2C/C=C/c2cc3c(cc2CO)OCO3)c1Br. The second kappa shape index (κ2) is 8.42. The molecule has 1 aliphatic heterocycles. The van der Waals surface area contributed by atoms with E-state index in [1.807, 2.05) is 12.2 Å². The standard InChI is InChI=1S/C19H17BrN2O6S2/c1-11-17(20)18(28-21-11)22-30(24,25)19-12(5-6-29-19)3-2-4-13-7-15-16(27-10-26-15)8-14(13)9-23/h2,4-8,22-23H,3,9-10H2,1H3/b4-2+. The highest BCUT2D eigenvalue weighted by Gasteiger charge is 2.23. The minimum Gasteiger partial charge on any atom is -0.454 e. The fourth-order valence-corrected chi connectivity index (χ4v) is 5.71. The Morgan fingerprint density at radius 3 is 2.77 bits per heavy atom. The average molecular weight is 513 g/mol. The van der Waals surface area contributed by atoms with Gasteiger partial charge < -0.3 is 19.1 Å². The number of halogens is 1. The van der Waals surface area contributed by atoms with Crippen LogP contribution in [-0.4, -0.2) is 25.5 Å². The molecule has 0 unspecified atom stereocenters. The van der Waals surface area contributed by atoms with Crippen LogP contribution in [0.5, 0.6) is 11.5 Å². The van der Waals surface area contributed by atoms with E-state index >= 15 is 0 Å². The number of thiophene rings is 1. The van der Waals surface area contributed by atoms with Gasteiger partial charge >= 0.3 is 0 Å². The van der Waals surface area contributed by atoms with Crippen LogP contribution in [0.4, 0.5) is 5.88 Å². The third-order valence-electron chi connectivity index (χ3n) is 4.41. The van der Waals surface area contributed by atoms with Crippen LogP contribution in [0, 0.1) is 6.92 Å². The molecule has 158 valence electrons. The summed E-state index contributed by atoms with van der Waals surface area (Å²) >= 11 is 4.38. The Kier molecular flexibility index (Phi) is 5.87. The maximum absolute atomic E-state index is 12.8. The number of allylic oxidation sites excluding steroid dienone is 1. The predicted octanol–water partition coefficient (Wildman–Crippen LogP) is 4.08. The summed E-state index contributed by atoms with van der Waals surface area (Å²) in [4.78, 5) is 0. The van der Waals surface area contributed by atoms with Gasteiger partial charge in [0.2, 0.25) is 6.79 Å². The second-order valence-corrected chi connectivity index (χ2v) is 10.0. The molecule has 3 heterocycles. The van der Waals surface area contributed by atoms with Crippen molar-refractivity contribution < 1.29 is 27.5 Å². The molecule has 0 fully saturated rings. The van der Waals surface area contributed by atoms with E-state index in [9.17, 15) is 13.5 Å². The first-order chi connectivity index (χ1) is 14.4. The van der Waals surface area contributed by atoms with Crippen molar-refractivity contribution in [3.8, 4) is 11.5 Å². The molecule has 0 saturated carbocycles. The van der Waals surface area contributed by atoms with Gasteiger partial charge in [-0.2, -0.15) is 0 Å².